The molecule has 1 rings (SSSR count). The van der Waals surface area contributed by atoms with E-state index in [0.29, 0.717) is 0 Å². The molecule has 5 heteroatoms. The largest absolute Gasteiger partial charge is 0.466 e. The Labute approximate surface area is 91.7 Å². The lowest BCUT2D eigenvalue weighted by Gasteiger charge is -2.11. The zero-order chi connectivity index (χ0) is 12.1. The minimum absolute atomic E-state index is 0.178. The Morgan fingerprint density at radius 1 is 1.50 bits per heavy atom. The first-order chi connectivity index (χ1) is 7.54. The summed E-state index contributed by atoms with van der Waals surface area (Å²) in [6.07, 6.45) is -1.79. The molecule has 88 valence electrons. The van der Waals surface area contributed by atoms with E-state index < -0.39 is 30.1 Å². The molecule has 0 bridgehead atoms. The number of benzene rings is 1. The Kier molecular flexibility index (Phi) is 4.37. The van der Waals surface area contributed by atoms with Gasteiger partial charge in [-0.25, -0.2) is 8.78 Å². The third kappa shape index (κ3) is 3.27. The van der Waals surface area contributed by atoms with E-state index in [1.807, 2.05) is 0 Å². The van der Waals surface area contributed by atoms with Crippen LogP contribution < -0.4 is 0 Å². The third-order valence-corrected chi connectivity index (χ3v) is 1.98. The lowest BCUT2D eigenvalue weighted by atomic mass is 10.1. The van der Waals surface area contributed by atoms with Gasteiger partial charge in [-0.05, 0) is 25.1 Å². The van der Waals surface area contributed by atoms with E-state index in [9.17, 15) is 18.7 Å². The first-order valence-corrected chi connectivity index (χ1v) is 4.83. The summed E-state index contributed by atoms with van der Waals surface area (Å²) in [4.78, 5) is 11.0. The molecule has 1 unspecified atom stereocenters. The molecule has 0 saturated heterocycles. The fourth-order valence-electron chi connectivity index (χ4n) is 1.26. The number of esters is 1. The van der Waals surface area contributed by atoms with Crippen LogP contribution in [-0.2, 0) is 9.53 Å². The van der Waals surface area contributed by atoms with Crippen LogP contribution in [0.25, 0.3) is 0 Å². The van der Waals surface area contributed by atoms with Crippen molar-refractivity contribution in [1.82, 2.24) is 0 Å². The Bertz CT molecular complexity index is 379. The molecule has 0 heterocycles. The number of carbonyl (C=O) groups excluding carboxylic acids is 1. The van der Waals surface area contributed by atoms with Crippen molar-refractivity contribution in [3.63, 3.8) is 0 Å². The predicted molar refractivity (Wildman–Crippen MR) is 52.6 cm³/mol. The molecule has 0 amide bonds. The quantitative estimate of drug-likeness (QED) is 0.804. The van der Waals surface area contributed by atoms with Crippen molar-refractivity contribution in [1.29, 1.82) is 0 Å². The number of ether oxygens (including phenoxy) is 1. The topological polar surface area (TPSA) is 46.5 Å². The Morgan fingerprint density at radius 2 is 2.19 bits per heavy atom. The molecular formula is C11H12F2O3. The monoisotopic (exact) mass is 230 g/mol. The van der Waals surface area contributed by atoms with E-state index in [1.54, 1.807) is 6.92 Å². The highest BCUT2D eigenvalue weighted by atomic mass is 19.1. The summed E-state index contributed by atoms with van der Waals surface area (Å²) in [7, 11) is 0. The number of hydrogen-bond donors (Lipinski definition) is 1. The van der Waals surface area contributed by atoms with Crippen LogP contribution in [0.2, 0.25) is 0 Å². The highest BCUT2D eigenvalue weighted by Gasteiger charge is 2.18. The normalized spacial score (nSPS) is 12.2. The van der Waals surface area contributed by atoms with Gasteiger partial charge in [-0.3, -0.25) is 4.79 Å². The maximum absolute atomic E-state index is 13.2. The first kappa shape index (κ1) is 12.6. The molecule has 1 N–H and O–H groups in total. The van der Waals surface area contributed by atoms with Crippen molar-refractivity contribution in [2.45, 2.75) is 19.4 Å². The van der Waals surface area contributed by atoms with Crippen molar-refractivity contribution in [2.75, 3.05) is 6.61 Å². The van der Waals surface area contributed by atoms with Crippen LogP contribution in [0, 0.1) is 11.6 Å². The summed E-state index contributed by atoms with van der Waals surface area (Å²) in [5, 5.41) is 9.52. The minimum atomic E-state index is -1.39. The van der Waals surface area contributed by atoms with E-state index in [2.05, 4.69) is 4.74 Å². The van der Waals surface area contributed by atoms with Gasteiger partial charge in [-0.2, -0.15) is 0 Å². The molecule has 0 aliphatic rings. The lowest BCUT2D eigenvalue weighted by Crippen LogP contribution is -2.11. The van der Waals surface area contributed by atoms with Gasteiger partial charge in [-0.1, -0.05) is 0 Å². The molecule has 0 saturated carbocycles. The second-order valence-electron chi connectivity index (χ2n) is 3.19. The van der Waals surface area contributed by atoms with Crippen LogP contribution in [0.4, 0.5) is 8.78 Å². The smallest absolute Gasteiger partial charge is 0.308 e. The molecular weight excluding hydrogens is 218 g/mol. The SMILES string of the molecule is CCOC(=O)CC(O)c1cc(F)ccc1F. The number of halogens is 2. The van der Waals surface area contributed by atoms with Crippen LogP contribution in [0.15, 0.2) is 18.2 Å². The Balaban J connectivity index is 2.76. The highest BCUT2D eigenvalue weighted by Crippen LogP contribution is 2.21. The van der Waals surface area contributed by atoms with Crippen LogP contribution in [-0.4, -0.2) is 17.7 Å². The highest BCUT2D eigenvalue weighted by molar-refractivity contribution is 5.70. The van der Waals surface area contributed by atoms with E-state index in [0.717, 1.165) is 18.2 Å². The van der Waals surface area contributed by atoms with Crippen molar-refractivity contribution < 1.29 is 23.4 Å². The van der Waals surface area contributed by atoms with Crippen molar-refractivity contribution in [2.24, 2.45) is 0 Å². The van der Waals surface area contributed by atoms with E-state index in [1.165, 1.54) is 0 Å². The molecule has 0 radical (unpaired) electrons. The average Bonchev–Trinajstić information content (AvgIpc) is 2.21. The van der Waals surface area contributed by atoms with Crippen LogP contribution in [0.3, 0.4) is 0 Å². The van der Waals surface area contributed by atoms with Gasteiger partial charge in [0, 0.05) is 5.56 Å². The molecule has 1 aromatic carbocycles. The molecule has 3 nitrogen and oxygen atoms in total. The van der Waals surface area contributed by atoms with Gasteiger partial charge < -0.3 is 9.84 Å². The second-order valence-corrected chi connectivity index (χ2v) is 3.19. The molecule has 0 fully saturated rings. The molecule has 0 aliphatic heterocycles. The lowest BCUT2D eigenvalue weighted by molar-refractivity contribution is -0.145. The maximum atomic E-state index is 13.2. The molecule has 1 atom stereocenters. The zero-order valence-corrected chi connectivity index (χ0v) is 8.74. The third-order valence-electron chi connectivity index (χ3n) is 1.98. The number of aliphatic hydroxyl groups excluding tert-OH is 1. The average molecular weight is 230 g/mol. The summed E-state index contributed by atoms with van der Waals surface area (Å²) in [5.74, 6) is -2.07. The molecule has 0 aliphatic carbocycles. The first-order valence-electron chi connectivity index (χ1n) is 4.83. The number of carbonyl (C=O) groups is 1. The van der Waals surface area contributed by atoms with Gasteiger partial charge in [-0.15, -0.1) is 0 Å². The van der Waals surface area contributed by atoms with Crippen molar-refractivity contribution in [3.8, 4) is 0 Å². The van der Waals surface area contributed by atoms with Crippen molar-refractivity contribution >= 4 is 5.97 Å². The van der Waals surface area contributed by atoms with E-state index >= 15 is 0 Å². The summed E-state index contributed by atoms with van der Waals surface area (Å²) in [6.45, 7) is 1.80. The van der Waals surface area contributed by atoms with Gasteiger partial charge in [0.05, 0.1) is 19.1 Å². The van der Waals surface area contributed by atoms with E-state index in [-0.39, 0.29) is 12.2 Å². The summed E-state index contributed by atoms with van der Waals surface area (Å²) in [6, 6.07) is 2.70. The fourth-order valence-corrected chi connectivity index (χ4v) is 1.26. The van der Waals surface area contributed by atoms with Gasteiger partial charge in [0.25, 0.3) is 0 Å². The zero-order valence-electron chi connectivity index (χ0n) is 8.74. The Morgan fingerprint density at radius 3 is 2.81 bits per heavy atom. The van der Waals surface area contributed by atoms with Gasteiger partial charge in [0.1, 0.15) is 11.6 Å². The summed E-state index contributed by atoms with van der Waals surface area (Å²) < 4.78 is 30.6. The maximum Gasteiger partial charge on any atom is 0.308 e. The van der Waals surface area contributed by atoms with Crippen LogP contribution in [0.5, 0.6) is 0 Å². The van der Waals surface area contributed by atoms with Gasteiger partial charge in [0.15, 0.2) is 0 Å². The number of aliphatic hydroxyl groups is 1. The fraction of sp³-hybridized carbons (Fsp3) is 0.364. The number of hydrogen-bond acceptors (Lipinski definition) is 3. The standard InChI is InChI=1S/C11H12F2O3/c1-2-16-11(15)6-10(14)8-5-7(12)3-4-9(8)13/h3-5,10,14H,2,6H2,1H3. The summed E-state index contributed by atoms with van der Waals surface area (Å²) in [5.41, 5.74) is -0.243. The molecule has 16 heavy (non-hydrogen) atoms. The Hall–Kier alpha value is -1.49. The molecule has 0 spiro atoms. The van der Waals surface area contributed by atoms with Gasteiger partial charge in [0.2, 0.25) is 0 Å². The molecule has 0 aromatic heterocycles. The number of rotatable bonds is 4. The second kappa shape index (κ2) is 5.55. The van der Waals surface area contributed by atoms with E-state index in [4.69, 9.17) is 0 Å². The van der Waals surface area contributed by atoms with Crippen LogP contribution >= 0.6 is 0 Å². The van der Waals surface area contributed by atoms with Crippen molar-refractivity contribution in [3.05, 3.63) is 35.4 Å². The van der Waals surface area contributed by atoms with Gasteiger partial charge >= 0.3 is 5.97 Å². The molecule has 1 aromatic rings. The predicted octanol–water partition coefficient (Wildman–Crippen LogP) is 1.95. The minimum Gasteiger partial charge on any atom is -0.466 e. The summed E-state index contributed by atoms with van der Waals surface area (Å²) >= 11 is 0. The van der Waals surface area contributed by atoms with Crippen LogP contribution in [0.1, 0.15) is 25.0 Å².